The Bertz CT molecular complexity index is 1160. The summed E-state index contributed by atoms with van der Waals surface area (Å²) >= 11 is 0. The molecule has 33 heavy (non-hydrogen) atoms. The Morgan fingerprint density at radius 1 is 1.21 bits per heavy atom. The van der Waals surface area contributed by atoms with E-state index in [1.807, 2.05) is 0 Å². The number of nitrogens with one attached hydrogen (secondary N) is 1. The third kappa shape index (κ3) is 5.11. The van der Waals surface area contributed by atoms with Gasteiger partial charge >= 0.3 is 6.18 Å². The van der Waals surface area contributed by atoms with Crippen LogP contribution in [0.4, 0.5) is 17.6 Å². The van der Waals surface area contributed by atoms with E-state index in [1.54, 1.807) is 25.1 Å². The van der Waals surface area contributed by atoms with E-state index < -0.39 is 35.9 Å². The smallest absolute Gasteiger partial charge is 0.422 e. The molecule has 1 saturated carbocycles. The van der Waals surface area contributed by atoms with Gasteiger partial charge in [0.15, 0.2) is 12.3 Å². The molecule has 176 valence electrons. The van der Waals surface area contributed by atoms with Crippen LogP contribution in [0.5, 0.6) is 5.75 Å². The van der Waals surface area contributed by atoms with Crippen molar-refractivity contribution in [3.63, 3.8) is 0 Å². The van der Waals surface area contributed by atoms with Crippen molar-refractivity contribution < 1.29 is 32.2 Å². The highest BCUT2D eigenvalue weighted by Gasteiger charge is 2.31. The fraction of sp³-hybridized carbons (Fsp3) is 0.391. The minimum absolute atomic E-state index is 0.0356. The van der Waals surface area contributed by atoms with Gasteiger partial charge in [-0.1, -0.05) is 18.2 Å². The van der Waals surface area contributed by atoms with Crippen LogP contribution in [0.1, 0.15) is 43.1 Å². The SMILES string of the molecule is CC1(O)CCC(NC(=O)c2nc3c(-c4ccccc4OCC(F)(F)F)cccn3c2F)CC1. The van der Waals surface area contributed by atoms with Gasteiger partial charge in [0, 0.05) is 23.4 Å². The molecule has 2 aromatic heterocycles. The van der Waals surface area contributed by atoms with Crippen molar-refractivity contribution >= 4 is 11.6 Å². The maximum absolute atomic E-state index is 15.1. The fourth-order valence-corrected chi connectivity index (χ4v) is 4.01. The molecule has 1 aliphatic carbocycles. The lowest BCUT2D eigenvalue weighted by Gasteiger charge is -2.33. The number of halogens is 4. The normalized spacial score (nSPS) is 21.2. The van der Waals surface area contributed by atoms with E-state index in [0.29, 0.717) is 36.8 Å². The predicted molar refractivity (Wildman–Crippen MR) is 112 cm³/mol. The van der Waals surface area contributed by atoms with E-state index in [9.17, 15) is 23.1 Å². The molecule has 2 heterocycles. The van der Waals surface area contributed by atoms with Gasteiger partial charge in [-0.2, -0.15) is 17.6 Å². The number of ether oxygens (including phenoxy) is 1. The Balaban J connectivity index is 1.64. The summed E-state index contributed by atoms with van der Waals surface area (Å²) in [5.74, 6) is -1.59. The first kappa shape index (κ1) is 23.0. The van der Waals surface area contributed by atoms with Crippen LogP contribution in [-0.4, -0.2) is 44.8 Å². The number of hydrogen-bond donors (Lipinski definition) is 2. The van der Waals surface area contributed by atoms with Crippen LogP contribution in [-0.2, 0) is 0 Å². The third-order valence-corrected chi connectivity index (χ3v) is 5.77. The molecule has 1 fully saturated rings. The fourth-order valence-electron chi connectivity index (χ4n) is 4.01. The zero-order chi connectivity index (χ0) is 23.8. The number of hydrogen-bond acceptors (Lipinski definition) is 4. The van der Waals surface area contributed by atoms with Crippen molar-refractivity contribution in [1.29, 1.82) is 0 Å². The van der Waals surface area contributed by atoms with Gasteiger partial charge in [-0.05, 0) is 50.8 Å². The summed E-state index contributed by atoms with van der Waals surface area (Å²) in [6.45, 7) is 0.266. The van der Waals surface area contributed by atoms with Crippen LogP contribution < -0.4 is 10.1 Å². The summed E-state index contributed by atoms with van der Waals surface area (Å²) in [6, 6.07) is 8.95. The van der Waals surface area contributed by atoms with Crippen LogP contribution in [0.15, 0.2) is 42.6 Å². The summed E-state index contributed by atoms with van der Waals surface area (Å²) in [7, 11) is 0. The highest BCUT2D eigenvalue weighted by Crippen LogP contribution is 2.34. The van der Waals surface area contributed by atoms with Crippen LogP contribution in [0.3, 0.4) is 0 Å². The van der Waals surface area contributed by atoms with Gasteiger partial charge < -0.3 is 15.2 Å². The molecule has 4 rings (SSSR count). The molecule has 1 aromatic carbocycles. The maximum Gasteiger partial charge on any atom is 0.422 e. The minimum atomic E-state index is -4.52. The molecule has 0 unspecified atom stereocenters. The Hall–Kier alpha value is -3.14. The van der Waals surface area contributed by atoms with Crippen molar-refractivity contribution in [3.05, 3.63) is 54.2 Å². The predicted octanol–water partition coefficient (Wildman–Crippen LogP) is 4.50. The van der Waals surface area contributed by atoms with Crippen molar-refractivity contribution in [2.45, 2.75) is 50.4 Å². The summed E-state index contributed by atoms with van der Waals surface area (Å²) < 4.78 is 59.1. The lowest BCUT2D eigenvalue weighted by Crippen LogP contribution is -2.42. The second kappa shape index (κ2) is 8.66. The number of aliphatic hydroxyl groups is 1. The minimum Gasteiger partial charge on any atom is -0.483 e. The van der Waals surface area contributed by atoms with E-state index >= 15 is 4.39 Å². The van der Waals surface area contributed by atoms with Gasteiger partial charge in [0.2, 0.25) is 5.95 Å². The van der Waals surface area contributed by atoms with Crippen molar-refractivity contribution in [3.8, 4) is 16.9 Å². The molecular formula is C23H23F4N3O3. The van der Waals surface area contributed by atoms with E-state index in [4.69, 9.17) is 4.74 Å². The molecule has 2 N–H and O–H groups in total. The number of carbonyl (C=O) groups is 1. The Morgan fingerprint density at radius 2 is 1.88 bits per heavy atom. The molecule has 0 saturated heterocycles. The van der Waals surface area contributed by atoms with Crippen LogP contribution in [0, 0.1) is 5.95 Å². The summed E-state index contributed by atoms with van der Waals surface area (Å²) in [5.41, 5.74) is -0.490. The van der Waals surface area contributed by atoms with Crippen LogP contribution in [0.2, 0.25) is 0 Å². The van der Waals surface area contributed by atoms with Gasteiger partial charge in [0.05, 0.1) is 5.60 Å². The van der Waals surface area contributed by atoms with Gasteiger partial charge in [0.25, 0.3) is 5.91 Å². The second-order valence-electron chi connectivity index (χ2n) is 8.51. The molecule has 3 aromatic rings. The molecule has 1 amide bonds. The number of nitrogens with zero attached hydrogens (tertiary/aromatic N) is 2. The molecule has 10 heteroatoms. The molecule has 1 aliphatic rings. The van der Waals surface area contributed by atoms with Crippen LogP contribution in [0.25, 0.3) is 16.8 Å². The molecule has 0 spiro atoms. The van der Waals surface area contributed by atoms with E-state index in [2.05, 4.69) is 10.3 Å². The number of para-hydroxylation sites is 1. The Morgan fingerprint density at radius 3 is 2.58 bits per heavy atom. The zero-order valence-electron chi connectivity index (χ0n) is 17.8. The van der Waals surface area contributed by atoms with E-state index in [-0.39, 0.29) is 17.4 Å². The first-order valence-electron chi connectivity index (χ1n) is 10.5. The summed E-state index contributed by atoms with van der Waals surface area (Å²) in [6.07, 6.45) is -0.980. The number of pyridine rings is 1. The quantitative estimate of drug-likeness (QED) is 0.544. The number of carbonyl (C=O) groups excluding carboxylic acids is 1. The van der Waals surface area contributed by atoms with Gasteiger partial charge in [0.1, 0.15) is 11.4 Å². The van der Waals surface area contributed by atoms with Gasteiger partial charge in [-0.25, -0.2) is 4.98 Å². The van der Waals surface area contributed by atoms with Crippen molar-refractivity contribution in [1.82, 2.24) is 14.7 Å². The number of alkyl halides is 3. The monoisotopic (exact) mass is 465 g/mol. The highest BCUT2D eigenvalue weighted by molar-refractivity contribution is 5.94. The first-order valence-corrected chi connectivity index (χ1v) is 10.5. The number of benzene rings is 1. The van der Waals surface area contributed by atoms with E-state index in [1.165, 1.54) is 24.4 Å². The number of aromatic nitrogens is 2. The maximum atomic E-state index is 15.1. The van der Waals surface area contributed by atoms with E-state index in [0.717, 1.165) is 4.40 Å². The molecule has 0 bridgehead atoms. The standard InChI is InChI=1S/C23H23F4N3O3/c1-22(32)10-8-14(9-11-22)28-21(31)18-19(24)30-12-4-6-16(20(30)29-18)15-5-2-3-7-17(15)33-13-23(25,26)27/h2-7,12,14,32H,8-11,13H2,1H3,(H,28,31). The first-order chi connectivity index (χ1) is 15.5. The molecule has 6 nitrogen and oxygen atoms in total. The van der Waals surface area contributed by atoms with Gasteiger partial charge in [-0.3, -0.25) is 9.20 Å². The Labute approximate surface area is 187 Å². The van der Waals surface area contributed by atoms with Crippen molar-refractivity contribution in [2.75, 3.05) is 6.61 Å². The number of rotatable bonds is 5. The van der Waals surface area contributed by atoms with Gasteiger partial charge in [-0.15, -0.1) is 0 Å². The largest absolute Gasteiger partial charge is 0.483 e. The number of fused-ring (bicyclic) bond motifs is 1. The summed E-state index contributed by atoms with van der Waals surface area (Å²) in [4.78, 5) is 16.9. The van der Waals surface area contributed by atoms with Crippen molar-refractivity contribution in [2.24, 2.45) is 0 Å². The highest BCUT2D eigenvalue weighted by atomic mass is 19.4. The lowest BCUT2D eigenvalue weighted by molar-refractivity contribution is -0.153. The number of imidazole rings is 1. The Kier molecular flexibility index (Phi) is 6.04. The second-order valence-corrected chi connectivity index (χ2v) is 8.51. The zero-order valence-corrected chi connectivity index (χ0v) is 17.8. The molecule has 0 aliphatic heterocycles. The molecule has 0 atom stereocenters. The average Bonchev–Trinajstić information content (AvgIpc) is 3.10. The average molecular weight is 465 g/mol. The lowest BCUT2D eigenvalue weighted by atomic mass is 9.83. The topological polar surface area (TPSA) is 75.9 Å². The summed E-state index contributed by atoms with van der Waals surface area (Å²) in [5, 5.41) is 12.8. The molecular weight excluding hydrogens is 442 g/mol. The molecule has 0 radical (unpaired) electrons. The third-order valence-electron chi connectivity index (χ3n) is 5.77. The number of amides is 1. The van der Waals surface area contributed by atoms with Crippen LogP contribution >= 0.6 is 0 Å².